The molecule has 0 aliphatic carbocycles. The Labute approximate surface area is 165 Å². The molecule has 0 saturated carbocycles. The van der Waals surface area contributed by atoms with Crippen LogP contribution in [-0.2, 0) is 21.2 Å². The predicted molar refractivity (Wildman–Crippen MR) is 107 cm³/mol. The highest BCUT2D eigenvalue weighted by Gasteiger charge is 2.30. The van der Waals surface area contributed by atoms with Crippen LogP contribution in [0.2, 0.25) is 0 Å². The standard InChI is InChI=1S/C20H23N3O4S/c1-3-23-13-15(27-19-7-5-4-6-18(19)23)12-22(2)28(25,26)16-8-9-17-14(10-16)11-20(24)21-17/h4-10,15H,3,11-13H2,1-2H3,(H,21,24)/t15-/m1/s1. The van der Waals surface area contributed by atoms with Gasteiger partial charge in [0, 0.05) is 19.3 Å². The van der Waals surface area contributed by atoms with Crippen molar-refractivity contribution in [2.75, 3.05) is 36.9 Å². The van der Waals surface area contributed by atoms with Crippen LogP contribution < -0.4 is 15.0 Å². The largest absolute Gasteiger partial charge is 0.485 e. The van der Waals surface area contributed by atoms with Gasteiger partial charge in [-0.25, -0.2) is 8.42 Å². The highest BCUT2D eigenvalue weighted by atomic mass is 32.2. The maximum atomic E-state index is 13.0. The first kappa shape index (κ1) is 18.8. The lowest BCUT2D eigenvalue weighted by Gasteiger charge is -2.37. The Morgan fingerprint density at radius 1 is 1.25 bits per heavy atom. The second-order valence-corrected chi connectivity index (χ2v) is 9.12. The average molecular weight is 401 g/mol. The van der Waals surface area contributed by atoms with Crippen molar-refractivity contribution in [3.05, 3.63) is 48.0 Å². The van der Waals surface area contributed by atoms with Crippen molar-refractivity contribution >= 4 is 27.3 Å². The van der Waals surface area contributed by atoms with Crippen LogP contribution in [0.4, 0.5) is 11.4 Å². The Morgan fingerprint density at radius 3 is 2.82 bits per heavy atom. The lowest BCUT2D eigenvalue weighted by molar-refractivity contribution is -0.115. The smallest absolute Gasteiger partial charge is 0.242 e. The van der Waals surface area contributed by atoms with Crippen molar-refractivity contribution in [1.82, 2.24) is 4.31 Å². The number of likely N-dealkylation sites (N-methyl/N-ethyl adjacent to an activating group) is 2. The number of nitrogens with zero attached hydrogens (tertiary/aromatic N) is 2. The zero-order chi connectivity index (χ0) is 19.9. The molecule has 0 aromatic heterocycles. The van der Waals surface area contributed by atoms with Crippen molar-refractivity contribution < 1.29 is 17.9 Å². The zero-order valence-electron chi connectivity index (χ0n) is 15.9. The summed E-state index contributed by atoms with van der Waals surface area (Å²) in [7, 11) is -2.12. The van der Waals surface area contributed by atoms with Crippen molar-refractivity contribution in [3.8, 4) is 5.75 Å². The molecule has 2 aromatic rings. The SMILES string of the molecule is CCN1C[C@@H](CN(C)S(=O)(=O)c2ccc3c(c2)CC(=O)N3)Oc2ccccc21. The fourth-order valence-corrected chi connectivity index (χ4v) is 4.96. The van der Waals surface area contributed by atoms with Crippen molar-refractivity contribution in [3.63, 3.8) is 0 Å². The number of sulfonamides is 1. The van der Waals surface area contributed by atoms with E-state index in [1.807, 2.05) is 24.3 Å². The van der Waals surface area contributed by atoms with Gasteiger partial charge in [0.15, 0.2) is 0 Å². The molecule has 2 aliphatic rings. The number of para-hydroxylation sites is 2. The first-order chi connectivity index (χ1) is 13.4. The summed E-state index contributed by atoms with van der Waals surface area (Å²) in [6, 6.07) is 12.6. The van der Waals surface area contributed by atoms with Crippen molar-refractivity contribution in [2.45, 2.75) is 24.3 Å². The topological polar surface area (TPSA) is 79.0 Å². The summed E-state index contributed by atoms with van der Waals surface area (Å²) in [4.78, 5) is 13.9. The van der Waals surface area contributed by atoms with Gasteiger partial charge in [-0.1, -0.05) is 12.1 Å². The Balaban J connectivity index is 1.53. The van der Waals surface area contributed by atoms with E-state index in [4.69, 9.17) is 4.74 Å². The molecule has 2 heterocycles. The molecule has 28 heavy (non-hydrogen) atoms. The molecule has 2 aromatic carbocycles. The molecule has 148 valence electrons. The van der Waals surface area contributed by atoms with E-state index in [9.17, 15) is 13.2 Å². The summed E-state index contributed by atoms with van der Waals surface area (Å²) in [6.07, 6.45) is -0.0663. The molecular formula is C20H23N3O4S. The summed E-state index contributed by atoms with van der Waals surface area (Å²) in [5, 5.41) is 2.72. The van der Waals surface area contributed by atoms with Crippen LogP contribution in [0.3, 0.4) is 0 Å². The number of benzene rings is 2. The number of hydrogen-bond donors (Lipinski definition) is 1. The van der Waals surface area contributed by atoms with Gasteiger partial charge in [-0.2, -0.15) is 4.31 Å². The Hall–Kier alpha value is -2.58. The third-order valence-corrected chi connectivity index (χ3v) is 7.00. The molecule has 1 N–H and O–H groups in total. The van der Waals surface area contributed by atoms with Crippen molar-refractivity contribution in [1.29, 1.82) is 0 Å². The summed E-state index contributed by atoms with van der Waals surface area (Å²) < 4.78 is 33.4. The first-order valence-corrected chi connectivity index (χ1v) is 10.7. The fourth-order valence-electron chi connectivity index (χ4n) is 3.70. The second-order valence-electron chi connectivity index (χ2n) is 7.08. The van der Waals surface area contributed by atoms with Gasteiger partial charge in [-0.15, -0.1) is 0 Å². The van der Waals surface area contributed by atoms with Crippen LogP contribution in [0.5, 0.6) is 5.75 Å². The molecular weight excluding hydrogens is 378 g/mol. The van der Waals surface area contributed by atoms with Crippen LogP contribution in [0.15, 0.2) is 47.4 Å². The fraction of sp³-hybridized carbons (Fsp3) is 0.350. The van der Waals surface area contributed by atoms with E-state index >= 15 is 0 Å². The van der Waals surface area contributed by atoms with E-state index < -0.39 is 10.0 Å². The van der Waals surface area contributed by atoms with Gasteiger partial charge in [-0.05, 0) is 42.8 Å². The van der Waals surface area contributed by atoms with Crippen LogP contribution in [0.25, 0.3) is 0 Å². The van der Waals surface area contributed by atoms with Crippen LogP contribution >= 0.6 is 0 Å². The summed E-state index contributed by atoms with van der Waals surface area (Å²) in [6.45, 7) is 3.75. The molecule has 8 heteroatoms. The third-order valence-electron chi connectivity index (χ3n) is 5.18. The second kappa shape index (κ2) is 7.10. The van der Waals surface area contributed by atoms with E-state index in [-0.39, 0.29) is 29.9 Å². The maximum Gasteiger partial charge on any atom is 0.242 e. The molecule has 7 nitrogen and oxygen atoms in total. The number of anilines is 2. The molecule has 0 unspecified atom stereocenters. The lowest BCUT2D eigenvalue weighted by Crippen LogP contribution is -2.46. The maximum absolute atomic E-state index is 13.0. The summed E-state index contributed by atoms with van der Waals surface area (Å²) >= 11 is 0. The number of hydrogen-bond acceptors (Lipinski definition) is 5. The number of ether oxygens (including phenoxy) is 1. The molecule has 4 rings (SSSR count). The Kier molecular flexibility index (Phi) is 4.76. The van der Waals surface area contributed by atoms with Gasteiger partial charge in [0.2, 0.25) is 15.9 Å². The zero-order valence-corrected chi connectivity index (χ0v) is 16.7. The molecule has 1 amide bonds. The number of carbonyl (C=O) groups excluding carboxylic acids is 1. The van der Waals surface area contributed by atoms with E-state index in [2.05, 4.69) is 17.1 Å². The molecule has 0 spiro atoms. The van der Waals surface area contributed by atoms with E-state index in [1.165, 1.54) is 10.4 Å². The number of nitrogens with one attached hydrogen (secondary N) is 1. The van der Waals surface area contributed by atoms with Crippen molar-refractivity contribution in [2.24, 2.45) is 0 Å². The Morgan fingerprint density at radius 2 is 2.04 bits per heavy atom. The lowest BCUT2D eigenvalue weighted by atomic mass is 10.2. The molecule has 1 atom stereocenters. The Bertz CT molecular complexity index is 1020. The number of amides is 1. The number of carbonyl (C=O) groups is 1. The predicted octanol–water partition coefficient (Wildman–Crippen LogP) is 2.09. The van der Waals surface area contributed by atoms with Gasteiger partial charge in [0.05, 0.1) is 30.1 Å². The molecule has 0 fully saturated rings. The average Bonchev–Trinajstić information content (AvgIpc) is 3.06. The van der Waals surface area contributed by atoms with Gasteiger partial charge in [0.1, 0.15) is 11.9 Å². The van der Waals surface area contributed by atoms with Gasteiger partial charge in [-0.3, -0.25) is 4.79 Å². The minimum absolute atomic E-state index is 0.119. The molecule has 0 bridgehead atoms. The van der Waals surface area contributed by atoms with Gasteiger partial charge < -0.3 is 15.0 Å². The number of fused-ring (bicyclic) bond motifs is 2. The van der Waals surface area contributed by atoms with Gasteiger partial charge >= 0.3 is 0 Å². The van der Waals surface area contributed by atoms with E-state index in [0.717, 1.165) is 18.0 Å². The van der Waals surface area contributed by atoms with Crippen LogP contribution in [0.1, 0.15) is 12.5 Å². The first-order valence-electron chi connectivity index (χ1n) is 9.28. The minimum Gasteiger partial charge on any atom is -0.485 e. The van der Waals surface area contributed by atoms with Crippen LogP contribution in [0, 0.1) is 0 Å². The normalized spacial score (nSPS) is 18.5. The minimum atomic E-state index is -3.68. The highest BCUT2D eigenvalue weighted by molar-refractivity contribution is 7.89. The quantitative estimate of drug-likeness (QED) is 0.830. The molecule has 0 radical (unpaired) electrons. The number of rotatable bonds is 5. The highest BCUT2D eigenvalue weighted by Crippen LogP contribution is 2.33. The van der Waals surface area contributed by atoms with Crippen LogP contribution in [-0.4, -0.2) is 51.4 Å². The van der Waals surface area contributed by atoms with E-state index in [0.29, 0.717) is 17.8 Å². The van der Waals surface area contributed by atoms with E-state index in [1.54, 1.807) is 19.2 Å². The van der Waals surface area contributed by atoms with Gasteiger partial charge in [0.25, 0.3) is 0 Å². The molecule has 2 aliphatic heterocycles. The molecule has 0 saturated heterocycles. The monoisotopic (exact) mass is 401 g/mol. The summed E-state index contributed by atoms with van der Waals surface area (Å²) in [5.41, 5.74) is 2.42. The third kappa shape index (κ3) is 3.33. The summed E-state index contributed by atoms with van der Waals surface area (Å²) in [5.74, 6) is 0.653.